The average Bonchev–Trinajstić information content (AvgIpc) is 2.48. The first-order valence-electron chi connectivity index (χ1n) is 7.69. The number of nitrogens with one attached hydrogen (secondary N) is 2. The van der Waals surface area contributed by atoms with Crippen LogP contribution in [0.5, 0.6) is 0 Å². The van der Waals surface area contributed by atoms with E-state index in [4.69, 9.17) is 0 Å². The standard InChI is InChI=1S/C15H31N5/c1-5-7-17-15(16-4)18-12-14(3)13-20-10-8-19(6-2)9-11-20/h5,14H,1,6-13H2,2-4H3,(H2,16,17,18). The van der Waals surface area contributed by atoms with Gasteiger partial charge in [-0.3, -0.25) is 4.99 Å². The molecule has 0 spiro atoms. The molecule has 5 heteroatoms. The summed E-state index contributed by atoms with van der Waals surface area (Å²) in [5.41, 5.74) is 0. The van der Waals surface area contributed by atoms with Crippen LogP contribution in [0.25, 0.3) is 0 Å². The van der Waals surface area contributed by atoms with Crippen LogP contribution in [0.1, 0.15) is 13.8 Å². The summed E-state index contributed by atoms with van der Waals surface area (Å²) >= 11 is 0. The number of hydrogen-bond donors (Lipinski definition) is 2. The molecule has 5 nitrogen and oxygen atoms in total. The molecule has 0 aromatic heterocycles. The van der Waals surface area contributed by atoms with Crippen molar-refractivity contribution in [1.29, 1.82) is 0 Å². The minimum atomic E-state index is 0.616. The van der Waals surface area contributed by atoms with E-state index in [2.05, 4.69) is 45.9 Å². The first kappa shape index (κ1) is 17.0. The highest BCUT2D eigenvalue weighted by molar-refractivity contribution is 5.79. The zero-order valence-electron chi connectivity index (χ0n) is 13.4. The maximum atomic E-state index is 4.19. The molecule has 0 radical (unpaired) electrons. The van der Waals surface area contributed by atoms with E-state index in [1.165, 1.54) is 32.7 Å². The van der Waals surface area contributed by atoms with E-state index >= 15 is 0 Å². The van der Waals surface area contributed by atoms with Crippen molar-refractivity contribution in [2.75, 3.05) is 59.4 Å². The average molecular weight is 281 g/mol. The fourth-order valence-electron chi connectivity index (χ4n) is 2.45. The topological polar surface area (TPSA) is 42.9 Å². The number of piperazine rings is 1. The molecule has 1 fully saturated rings. The van der Waals surface area contributed by atoms with Gasteiger partial charge < -0.3 is 20.4 Å². The van der Waals surface area contributed by atoms with Crippen molar-refractivity contribution in [1.82, 2.24) is 20.4 Å². The summed E-state index contributed by atoms with van der Waals surface area (Å²) in [6.07, 6.45) is 1.84. The fraction of sp³-hybridized carbons (Fsp3) is 0.800. The van der Waals surface area contributed by atoms with Crippen LogP contribution in [0, 0.1) is 5.92 Å². The van der Waals surface area contributed by atoms with E-state index in [-0.39, 0.29) is 0 Å². The second kappa shape index (κ2) is 9.77. The monoisotopic (exact) mass is 281 g/mol. The van der Waals surface area contributed by atoms with Gasteiger partial charge in [0.1, 0.15) is 0 Å². The molecule has 1 heterocycles. The van der Waals surface area contributed by atoms with Crippen molar-refractivity contribution in [3.63, 3.8) is 0 Å². The molecular formula is C15H31N5. The van der Waals surface area contributed by atoms with Crippen molar-refractivity contribution in [2.24, 2.45) is 10.9 Å². The van der Waals surface area contributed by atoms with Gasteiger partial charge in [-0.1, -0.05) is 19.9 Å². The normalized spacial score (nSPS) is 19.6. The Labute approximate surface area is 124 Å². The first-order chi connectivity index (χ1) is 9.69. The smallest absolute Gasteiger partial charge is 0.191 e. The summed E-state index contributed by atoms with van der Waals surface area (Å²) in [7, 11) is 1.80. The van der Waals surface area contributed by atoms with Gasteiger partial charge in [0, 0.05) is 52.9 Å². The molecule has 1 saturated heterocycles. The van der Waals surface area contributed by atoms with Gasteiger partial charge in [0.05, 0.1) is 0 Å². The SMILES string of the molecule is C=CCNC(=NC)NCC(C)CN1CCN(CC)CC1. The number of nitrogens with zero attached hydrogens (tertiary/aromatic N) is 3. The van der Waals surface area contributed by atoms with Crippen molar-refractivity contribution in [3.8, 4) is 0 Å². The van der Waals surface area contributed by atoms with Gasteiger partial charge in [0.15, 0.2) is 5.96 Å². The molecule has 1 unspecified atom stereocenters. The Morgan fingerprint density at radius 1 is 1.25 bits per heavy atom. The van der Waals surface area contributed by atoms with Crippen LogP contribution in [0.4, 0.5) is 0 Å². The zero-order chi connectivity index (χ0) is 14.8. The van der Waals surface area contributed by atoms with Gasteiger partial charge in [0.2, 0.25) is 0 Å². The maximum Gasteiger partial charge on any atom is 0.191 e. The van der Waals surface area contributed by atoms with Crippen LogP contribution >= 0.6 is 0 Å². The number of aliphatic imine (C=N–C) groups is 1. The molecular weight excluding hydrogens is 250 g/mol. The van der Waals surface area contributed by atoms with Gasteiger partial charge in [-0.25, -0.2) is 0 Å². The van der Waals surface area contributed by atoms with E-state index in [1.54, 1.807) is 7.05 Å². The van der Waals surface area contributed by atoms with Gasteiger partial charge in [-0.05, 0) is 12.5 Å². The van der Waals surface area contributed by atoms with Crippen LogP contribution in [0.3, 0.4) is 0 Å². The third-order valence-corrected chi connectivity index (χ3v) is 3.74. The number of guanidine groups is 1. The molecule has 1 aliphatic rings. The quantitative estimate of drug-likeness (QED) is 0.408. The van der Waals surface area contributed by atoms with E-state index in [9.17, 15) is 0 Å². The Balaban J connectivity index is 2.19. The summed E-state index contributed by atoms with van der Waals surface area (Å²) < 4.78 is 0. The van der Waals surface area contributed by atoms with Crippen LogP contribution in [0.15, 0.2) is 17.6 Å². The molecule has 0 aromatic carbocycles. The molecule has 0 aromatic rings. The van der Waals surface area contributed by atoms with Gasteiger partial charge in [-0.15, -0.1) is 6.58 Å². The Hall–Kier alpha value is -1.07. The highest BCUT2D eigenvalue weighted by Crippen LogP contribution is 2.04. The lowest BCUT2D eigenvalue weighted by Crippen LogP contribution is -2.48. The van der Waals surface area contributed by atoms with Crippen LogP contribution in [-0.4, -0.2) is 75.2 Å². The minimum absolute atomic E-state index is 0.616. The lowest BCUT2D eigenvalue weighted by Gasteiger charge is -2.35. The molecule has 0 bridgehead atoms. The molecule has 2 N–H and O–H groups in total. The molecule has 20 heavy (non-hydrogen) atoms. The van der Waals surface area contributed by atoms with Crippen LogP contribution in [0.2, 0.25) is 0 Å². The second-order valence-electron chi connectivity index (χ2n) is 5.46. The summed E-state index contributed by atoms with van der Waals surface area (Å²) in [5, 5.41) is 6.56. The zero-order valence-corrected chi connectivity index (χ0v) is 13.4. The Kier molecular flexibility index (Phi) is 8.30. The van der Waals surface area contributed by atoms with Gasteiger partial charge in [-0.2, -0.15) is 0 Å². The third kappa shape index (κ3) is 6.39. The fourth-order valence-corrected chi connectivity index (χ4v) is 2.45. The van der Waals surface area contributed by atoms with Gasteiger partial charge >= 0.3 is 0 Å². The molecule has 1 atom stereocenters. The number of likely N-dealkylation sites (N-methyl/N-ethyl adjacent to an activating group) is 1. The highest BCUT2D eigenvalue weighted by atomic mass is 15.3. The second-order valence-corrected chi connectivity index (χ2v) is 5.46. The van der Waals surface area contributed by atoms with Crippen molar-refractivity contribution < 1.29 is 0 Å². The Morgan fingerprint density at radius 2 is 1.90 bits per heavy atom. The van der Waals surface area contributed by atoms with Gasteiger partial charge in [0.25, 0.3) is 0 Å². The predicted octanol–water partition coefficient (Wildman–Crippen LogP) is 0.611. The lowest BCUT2D eigenvalue weighted by atomic mass is 10.1. The Bertz CT molecular complexity index is 295. The molecule has 0 saturated carbocycles. The van der Waals surface area contributed by atoms with E-state index in [0.717, 1.165) is 25.6 Å². The van der Waals surface area contributed by atoms with Crippen LogP contribution in [-0.2, 0) is 0 Å². The lowest BCUT2D eigenvalue weighted by molar-refractivity contribution is 0.124. The maximum absolute atomic E-state index is 4.19. The first-order valence-corrected chi connectivity index (χ1v) is 7.69. The minimum Gasteiger partial charge on any atom is -0.356 e. The number of rotatable bonds is 7. The largest absolute Gasteiger partial charge is 0.356 e. The molecule has 0 amide bonds. The summed E-state index contributed by atoms with van der Waals surface area (Å²) in [6.45, 7) is 17.1. The van der Waals surface area contributed by atoms with E-state index in [0.29, 0.717) is 5.92 Å². The van der Waals surface area contributed by atoms with Crippen molar-refractivity contribution in [2.45, 2.75) is 13.8 Å². The Morgan fingerprint density at radius 3 is 2.45 bits per heavy atom. The highest BCUT2D eigenvalue weighted by Gasteiger charge is 2.17. The van der Waals surface area contributed by atoms with E-state index in [1.807, 2.05) is 6.08 Å². The molecule has 116 valence electrons. The predicted molar refractivity (Wildman–Crippen MR) is 87.3 cm³/mol. The molecule has 1 aliphatic heterocycles. The summed E-state index contributed by atoms with van der Waals surface area (Å²) in [5.74, 6) is 1.47. The third-order valence-electron chi connectivity index (χ3n) is 3.74. The molecule has 1 rings (SSSR count). The van der Waals surface area contributed by atoms with Crippen molar-refractivity contribution in [3.05, 3.63) is 12.7 Å². The van der Waals surface area contributed by atoms with Crippen molar-refractivity contribution >= 4 is 5.96 Å². The summed E-state index contributed by atoms with van der Waals surface area (Å²) in [4.78, 5) is 9.27. The molecule has 0 aliphatic carbocycles. The number of hydrogen-bond acceptors (Lipinski definition) is 3. The summed E-state index contributed by atoms with van der Waals surface area (Å²) in [6, 6.07) is 0. The van der Waals surface area contributed by atoms with Crippen LogP contribution < -0.4 is 10.6 Å². The van der Waals surface area contributed by atoms with E-state index < -0.39 is 0 Å².